The molecule has 0 aromatic heterocycles. The average molecular weight is 429 g/mol. The van der Waals surface area contributed by atoms with Gasteiger partial charge in [0.1, 0.15) is 0 Å². The van der Waals surface area contributed by atoms with Crippen LogP contribution in [0.1, 0.15) is 73.1 Å². The third-order valence-corrected chi connectivity index (χ3v) is 10.1. The molecule has 31 heavy (non-hydrogen) atoms. The Labute approximate surface area is 185 Å². The molecule has 1 heterocycles. The molecule has 5 nitrogen and oxygen atoms in total. The van der Waals surface area contributed by atoms with Gasteiger partial charge < -0.3 is 9.47 Å². The number of rotatable bonds is 3. The topological polar surface area (TPSA) is 69.7 Å². The van der Waals surface area contributed by atoms with Crippen LogP contribution in [-0.4, -0.2) is 24.5 Å². The fourth-order valence-corrected chi connectivity index (χ4v) is 9.04. The first kappa shape index (κ1) is 21.2. The Bertz CT molecular complexity index is 873. The number of esters is 3. The third-order valence-electron chi connectivity index (χ3n) is 10.1. The van der Waals surface area contributed by atoms with E-state index in [1.54, 1.807) is 0 Å². The molecule has 0 aromatic rings. The first-order valence-electron chi connectivity index (χ1n) is 12.3. The van der Waals surface area contributed by atoms with Crippen molar-refractivity contribution < 1.29 is 23.9 Å². The van der Waals surface area contributed by atoms with Gasteiger partial charge in [-0.15, -0.1) is 0 Å². The van der Waals surface area contributed by atoms with Crippen LogP contribution < -0.4 is 0 Å². The van der Waals surface area contributed by atoms with Crippen molar-refractivity contribution in [2.45, 2.75) is 73.1 Å². The highest BCUT2D eigenvalue weighted by molar-refractivity contribution is 5.98. The van der Waals surface area contributed by atoms with E-state index in [4.69, 9.17) is 9.47 Å². The summed E-state index contributed by atoms with van der Waals surface area (Å²) in [6.07, 6.45) is 8.01. The molecular formula is C26H36O5. The normalized spacial score (nSPS) is 47.9. The number of hydrogen-bond acceptors (Lipinski definition) is 5. The summed E-state index contributed by atoms with van der Waals surface area (Å²) < 4.78 is 10.8. The van der Waals surface area contributed by atoms with Gasteiger partial charge in [0.05, 0.1) is 23.9 Å². The van der Waals surface area contributed by atoms with E-state index in [1.165, 1.54) is 5.57 Å². The predicted molar refractivity (Wildman–Crippen MR) is 114 cm³/mol. The fraction of sp³-hybridized carbons (Fsp3) is 0.808. The van der Waals surface area contributed by atoms with Gasteiger partial charge in [0.2, 0.25) is 0 Å². The second-order valence-electron chi connectivity index (χ2n) is 11.6. The SMILES string of the molecule is CCOC(=O)[C@]1(C)CCC[C@]2(C)[C@H]3C[C@H]4C(C(C)C)=C[C@]3(CC[C@H]21)[C@@H]1C(=O)OC(=O)[C@@H]14. The van der Waals surface area contributed by atoms with Gasteiger partial charge in [-0.05, 0) is 75.0 Å². The van der Waals surface area contributed by atoms with Crippen molar-refractivity contribution in [3.8, 4) is 0 Å². The minimum atomic E-state index is -0.475. The summed E-state index contributed by atoms with van der Waals surface area (Å²) in [6, 6.07) is 0. The molecule has 0 amide bonds. The quantitative estimate of drug-likeness (QED) is 0.370. The molecule has 0 aromatic carbocycles. The van der Waals surface area contributed by atoms with Crippen molar-refractivity contribution in [1.82, 2.24) is 0 Å². The number of hydrogen-bond donors (Lipinski definition) is 0. The number of cyclic esters (lactones) is 2. The minimum absolute atomic E-state index is 0.0494. The van der Waals surface area contributed by atoms with E-state index >= 15 is 0 Å². The summed E-state index contributed by atoms with van der Waals surface area (Å²) in [5.74, 6) is -0.367. The zero-order valence-corrected chi connectivity index (χ0v) is 19.5. The van der Waals surface area contributed by atoms with Crippen LogP contribution >= 0.6 is 0 Å². The fourth-order valence-electron chi connectivity index (χ4n) is 9.04. The van der Waals surface area contributed by atoms with Crippen LogP contribution in [0.3, 0.4) is 0 Å². The van der Waals surface area contributed by atoms with Crippen LogP contribution in [0.4, 0.5) is 0 Å². The maximum Gasteiger partial charge on any atom is 0.318 e. The molecule has 6 rings (SSSR count). The molecule has 0 N–H and O–H groups in total. The maximum absolute atomic E-state index is 13.1. The monoisotopic (exact) mass is 428 g/mol. The molecule has 4 fully saturated rings. The smallest absolute Gasteiger partial charge is 0.318 e. The molecule has 1 aliphatic heterocycles. The molecule has 2 bridgehead atoms. The van der Waals surface area contributed by atoms with E-state index in [9.17, 15) is 14.4 Å². The molecule has 0 radical (unpaired) electrons. The Morgan fingerprint density at radius 2 is 1.90 bits per heavy atom. The molecule has 1 spiro atoms. The first-order chi connectivity index (χ1) is 14.6. The average Bonchev–Trinajstić information content (AvgIpc) is 3.03. The van der Waals surface area contributed by atoms with Crippen molar-refractivity contribution in [3.63, 3.8) is 0 Å². The Balaban J connectivity index is 1.62. The maximum atomic E-state index is 13.1. The predicted octanol–water partition coefficient (Wildman–Crippen LogP) is 4.69. The molecule has 5 heteroatoms. The molecule has 1 saturated heterocycles. The molecule has 3 saturated carbocycles. The first-order valence-corrected chi connectivity index (χ1v) is 12.3. The van der Waals surface area contributed by atoms with Gasteiger partial charge in [0, 0.05) is 5.41 Å². The summed E-state index contributed by atoms with van der Waals surface area (Å²) in [4.78, 5) is 38.8. The van der Waals surface area contributed by atoms with Gasteiger partial charge in [-0.25, -0.2) is 0 Å². The lowest BCUT2D eigenvalue weighted by Gasteiger charge is -2.68. The Kier molecular flexibility index (Phi) is 4.57. The molecule has 6 aliphatic rings. The standard InChI is InChI=1S/C26H36O5/c1-6-30-23(29)25(5)10-7-9-24(4)17(25)8-11-26-13-16(14(2)3)15(12-18(24)26)19-20(26)22(28)31-21(19)27/h13-15,17-20H,6-12H2,1-5H3/t15-,17+,18+,19+,20-,24-,25+,26-/m0/s1. The third kappa shape index (κ3) is 2.52. The van der Waals surface area contributed by atoms with Crippen molar-refractivity contribution >= 4 is 17.9 Å². The van der Waals surface area contributed by atoms with Crippen LogP contribution in [0, 0.1) is 51.8 Å². The highest BCUT2D eigenvalue weighted by atomic mass is 16.6. The Morgan fingerprint density at radius 3 is 2.58 bits per heavy atom. The van der Waals surface area contributed by atoms with Crippen LogP contribution in [0.2, 0.25) is 0 Å². The van der Waals surface area contributed by atoms with Crippen LogP contribution in [0.25, 0.3) is 0 Å². The molecule has 170 valence electrons. The van der Waals surface area contributed by atoms with E-state index < -0.39 is 5.41 Å². The largest absolute Gasteiger partial charge is 0.466 e. The van der Waals surface area contributed by atoms with Gasteiger partial charge >= 0.3 is 17.9 Å². The number of allylic oxidation sites excluding steroid dienone is 2. The second kappa shape index (κ2) is 6.68. The van der Waals surface area contributed by atoms with Crippen molar-refractivity contribution in [3.05, 3.63) is 11.6 Å². The molecule has 8 atom stereocenters. The Morgan fingerprint density at radius 1 is 1.16 bits per heavy atom. The molecule has 5 aliphatic carbocycles. The zero-order chi connectivity index (χ0) is 22.3. The van der Waals surface area contributed by atoms with E-state index in [-0.39, 0.29) is 52.4 Å². The van der Waals surface area contributed by atoms with E-state index in [0.29, 0.717) is 18.4 Å². The summed E-state index contributed by atoms with van der Waals surface area (Å²) in [5, 5.41) is 0. The number of carbonyl (C=O) groups is 3. The van der Waals surface area contributed by atoms with Gasteiger partial charge in [-0.2, -0.15) is 0 Å². The number of ether oxygens (including phenoxy) is 2. The van der Waals surface area contributed by atoms with Crippen molar-refractivity contribution in [1.29, 1.82) is 0 Å². The summed E-state index contributed by atoms with van der Waals surface area (Å²) in [5.41, 5.74) is 0.499. The summed E-state index contributed by atoms with van der Waals surface area (Å²) in [7, 11) is 0. The van der Waals surface area contributed by atoms with E-state index in [2.05, 4.69) is 33.8 Å². The lowest BCUT2D eigenvalue weighted by Crippen LogP contribution is -2.65. The van der Waals surface area contributed by atoms with Gasteiger partial charge in [-0.1, -0.05) is 38.8 Å². The van der Waals surface area contributed by atoms with E-state index in [1.807, 2.05) is 6.92 Å². The van der Waals surface area contributed by atoms with Crippen molar-refractivity contribution in [2.24, 2.45) is 51.8 Å². The van der Waals surface area contributed by atoms with Crippen LogP contribution in [0.15, 0.2) is 11.6 Å². The Hall–Kier alpha value is -1.65. The number of fused-ring (bicyclic) bond motifs is 1. The summed E-state index contributed by atoms with van der Waals surface area (Å²) in [6.45, 7) is 11.1. The zero-order valence-electron chi connectivity index (χ0n) is 19.5. The highest BCUT2D eigenvalue weighted by Gasteiger charge is 2.73. The van der Waals surface area contributed by atoms with Crippen LogP contribution in [0.5, 0.6) is 0 Å². The number of carbonyl (C=O) groups excluding carboxylic acids is 3. The van der Waals surface area contributed by atoms with Gasteiger partial charge in [0.15, 0.2) is 0 Å². The lowest BCUT2D eigenvalue weighted by molar-refractivity contribution is -0.198. The van der Waals surface area contributed by atoms with Crippen LogP contribution in [-0.2, 0) is 23.9 Å². The summed E-state index contributed by atoms with van der Waals surface area (Å²) >= 11 is 0. The molecule has 0 unspecified atom stereocenters. The highest BCUT2D eigenvalue weighted by Crippen LogP contribution is 2.74. The van der Waals surface area contributed by atoms with Gasteiger partial charge in [-0.3, -0.25) is 14.4 Å². The second-order valence-corrected chi connectivity index (χ2v) is 11.6. The lowest BCUT2D eigenvalue weighted by atomic mass is 9.34. The minimum Gasteiger partial charge on any atom is -0.466 e. The van der Waals surface area contributed by atoms with E-state index in [0.717, 1.165) is 38.5 Å². The van der Waals surface area contributed by atoms with Crippen molar-refractivity contribution in [2.75, 3.05) is 6.61 Å². The van der Waals surface area contributed by atoms with Gasteiger partial charge in [0.25, 0.3) is 0 Å². The molecular weight excluding hydrogens is 392 g/mol.